The number of hydrogen-bond acceptors (Lipinski definition) is 8. The minimum atomic E-state index is -2.11. The number of carboxylic acids is 1. The fourth-order valence-corrected chi connectivity index (χ4v) is 4.09. The molecule has 184 valence electrons. The number of aliphatic carboxylic acids is 1. The predicted molar refractivity (Wildman–Crippen MR) is 122 cm³/mol. The fourth-order valence-electron chi connectivity index (χ4n) is 3.32. The lowest BCUT2D eigenvalue weighted by Crippen LogP contribution is -2.64. The Labute approximate surface area is 196 Å². The molecule has 0 radical (unpaired) electrons. The summed E-state index contributed by atoms with van der Waals surface area (Å²) in [6.45, 7) is 1.17. The number of thioether (sulfide) groups is 1. The lowest BCUT2D eigenvalue weighted by atomic mass is 9.93. The Balaban J connectivity index is 1.68. The second kappa shape index (κ2) is 13.4. The first-order valence-corrected chi connectivity index (χ1v) is 11.7. The Hall–Kier alpha value is -2.38. The van der Waals surface area contributed by atoms with Gasteiger partial charge in [-0.15, -0.1) is 0 Å². The number of anilines is 1. The highest BCUT2D eigenvalue weighted by Gasteiger charge is 2.53. The Kier molecular flexibility index (Phi) is 10.9. The highest BCUT2D eigenvalue weighted by atomic mass is 32.2. The van der Waals surface area contributed by atoms with Crippen LogP contribution in [0.25, 0.3) is 0 Å². The third-order valence-corrected chi connectivity index (χ3v) is 5.91. The molecule has 1 aliphatic rings. The van der Waals surface area contributed by atoms with Crippen LogP contribution in [0.3, 0.4) is 0 Å². The molecule has 0 aromatic heterocycles. The SMILES string of the molecule is CC(=O)N[C@H]1[C@H](O)C[C@](OCCCSCCNC(=O)Nc2ccccc2)(C(=O)O)O[C@H]1CO. The zero-order chi connectivity index (χ0) is 24.3. The minimum Gasteiger partial charge on any atom is -0.477 e. The number of ether oxygens (including phenoxy) is 2. The summed E-state index contributed by atoms with van der Waals surface area (Å²) in [5.41, 5.74) is 0.703. The van der Waals surface area contributed by atoms with E-state index in [9.17, 15) is 29.7 Å². The summed E-state index contributed by atoms with van der Waals surface area (Å²) in [6, 6.07) is 7.85. The van der Waals surface area contributed by atoms with Gasteiger partial charge in [0.2, 0.25) is 5.91 Å². The van der Waals surface area contributed by atoms with Crippen LogP contribution >= 0.6 is 11.8 Å². The van der Waals surface area contributed by atoms with Crippen molar-refractivity contribution in [1.82, 2.24) is 10.6 Å². The van der Waals surface area contributed by atoms with E-state index in [1.807, 2.05) is 18.2 Å². The zero-order valence-corrected chi connectivity index (χ0v) is 19.2. The summed E-state index contributed by atoms with van der Waals surface area (Å²) in [6.07, 6.45) is -2.28. The van der Waals surface area contributed by atoms with E-state index in [-0.39, 0.29) is 12.6 Å². The molecule has 1 saturated heterocycles. The summed E-state index contributed by atoms with van der Waals surface area (Å²) < 4.78 is 11.0. The van der Waals surface area contributed by atoms with Gasteiger partial charge in [-0.25, -0.2) is 9.59 Å². The molecule has 1 aromatic carbocycles. The van der Waals surface area contributed by atoms with E-state index in [2.05, 4.69) is 16.0 Å². The number of hydrogen-bond donors (Lipinski definition) is 6. The Morgan fingerprint density at radius 1 is 1.24 bits per heavy atom. The maximum atomic E-state index is 11.8. The predicted octanol–water partition coefficient (Wildman–Crippen LogP) is 0.376. The van der Waals surface area contributed by atoms with E-state index in [1.54, 1.807) is 23.9 Å². The Bertz CT molecular complexity index is 784. The van der Waals surface area contributed by atoms with Gasteiger partial charge < -0.3 is 40.7 Å². The Morgan fingerprint density at radius 2 is 1.97 bits per heavy atom. The first-order chi connectivity index (χ1) is 15.8. The van der Waals surface area contributed by atoms with Crippen LogP contribution in [-0.2, 0) is 19.1 Å². The maximum Gasteiger partial charge on any atom is 0.364 e. The second-order valence-electron chi connectivity index (χ2n) is 7.46. The summed E-state index contributed by atoms with van der Waals surface area (Å²) in [7, 11) is 0. The van der Waals surface area contributed by atoms with Crippen molar-refractivity contribution in [2.75, 3.05) is 36.6 Å². The van der Waals surface area contributed by atoms with Crippen LogP contribution in [0.2, 0.25) is 0 Å². The summed E-state index contributed by atoms with van der Waals surface area (Å²) in [4.78, 5) is 34.9. The number of carboxylic acid groups (broad SMARTS) is 1. The number of aliphatic hydroxyl groups is 2. The van der Waals surface area contributed by atoms with Gasteiger partial charge in [0.25, 0.3) is 5.79 Å². The van der Waals surface area contributed by atoms with E-state index < -0.39 is 48.9 Å². The number of nitrogens with one attached hydrogen (secondary N) is 3. The van der Waals surface area contributed by atoms with E-state index in [0.29, 0.717) is 30.2 Å². The van der Waals surface area contributed by atoms with Gasteiger partial charge in [0.15, 0.2) is 0 Å². The van der Waals surface area contributed by atoms with Crippen LogP contribution in [0.15, 0.2) is 30.3 Å². The van der Waals surface area contributed by atoms with Crippen LogP contribution in [-0.4, -0.2) is 88.5 Å². The lowest BCUT2D eigenvalue weighted by Gasteiger charge is -2.44. The number of benzene rings is 1. The molecular weight excluding hydrogens is 454 g/mol. The third kappa shape index (κ3) is 8.48. The van der Waals surface area contributed by atoms with Crippen molar-refractivity contribution in [3.8, 4) is 0 Å². The molecule has 33 heavy (non-hydrogen) atoms. The van der Waals surface area contributed by atoms with Crippen molar-refractivity contribution >= 4 is 35.4 Å². The quantitative estimate of drug-likeness (QED) is 0.229. The number of carbonyl (C=O) groups is 3. The molecule has 1 fully saturated rings. The smallest absolute Gasteiger partial charge is 0.364 e. The molecule has 0 spiro atoms. The topological polar surface area (TPSA) is 166 Å². The van der Waals surface area contributed by atoms with Crippen molar-refractivity contribution < 1.29 is 39.2 Å². The average molecular weight is 486 g/mol. The molecule has 11 nitrogen and oxygen atoms in total. The van der Waals surface area contributed by atoms with Gasteiger partial charge in [0.05, 0.1) is 25.4 Å². The number of amides is 3. The molecule has 0 unspecified atom stereocenters. The van der Waals surface area contributed by atoms with Crippen molar-refractivity contribution in [3.05, 3.63) is 30.3 Å². The molecule has 4 atom stereocenters. The second-order valence-corrected chi connectivity index (χ2v) is 8.68. The van der Waals surface area contributed by atoms with E-state index in [0.717, 1.165) is 0 Å². The molecular formula is C21H31N3O8S. The molecule has 0 aliphatic carbocycles. The molecule has 1 aliphatic heterocycles. The minimum absolute atomic E-state index is 0.0525. The lowest BCUT2D eigenvalue weighted by molar-refractivity contribution is -0.298. The first-order valence-electron chi connectivity index (χ1n) is 10.6. The van der Waals surface area contributed by atoms with E-state index >= 15 is 0 Å². The molecule has 0 bridgehead atoms. The molecule has 1 aromatic rings. The van der Waals surface area contributed by atoms with Gasteiger partial charge in [-0.1, -0.05) is 18.2 Å². The van der Waals surface area contributed by atoms with Crippen molar-refractivity contribution in [2.45, 2.75) is 43.8 Å². The van der Waals surface area contributed by atoms with Gasteiger partial charge in [-0.05, 0) is 24.3 Å². The monoisotopic (exact) mass is 485 g/mol. The van der Waals surface area contributed by atoms with Crippen LogP contribution in [0.4, 0.5) is 10.5 Å². The van der Waals surface area contributed by atoms with Crippen molar-refractivity contribution in [3.63, 3.8) is 0 Å². The number of aliphatic hydroxyl groups excluding tert-OH is 2. The Morgan fingerprint density at radius 3 is 2.61 bits per heavy atom. The first kappa shape index (κ1) is 26.9. The van der Waals surface area contributed by atoms with Crippen LogP contribution < -0.4 is 16.0 Å². The van der Waals surface area contributed by atoms with Gasteiger partial charge in [0.1, 0.15) is 6.10 Å². The van der Waals surface area contributed by atoms with E-state index in [1.165, 1.54) is 6.92 Å². The van der Waals surface area contributed by atoms with Crippen LogP contribution in [0, 0.1) is 0 Å². The zero-order valence-electron chi connectivity index (χ0n) is 18.4. The van der Waals surface area contributed by atoms with Crippen LogP contribution in [0.5, 0.6) is 0 Å². The normalized spacial score (nSPS) is 24.6. The largest absolute Gasteiger partial charge is 0.477 e. The van der Waals surface area contributed by atoms with Crippen LogP contribution in [0.1, 0.15) is 19.8 Å². The third-order valence-electron chi connectivity index (χ3n) is 4.84. The van der Waals surface area contributed by atoms with Gasteiger partial charge in [0, 0.05) is 31.3 Å². The molecule has 3 amide bonds. The molecule has 12 heteroatoms. The van der Waals surface area contributed by atoms with Crippen molar-refractivity contribution in [2.24, 2.45) is 0 Å². The highest BCUT2D eigenvalue weighted by Crippen LogP contribution is 2.31. The van der Waals surface area contributed by atoms with Gasteiger partial charge in [-0.3, -0.25) is 4.79 Å². The van der Waals surface area contributed by atoms with Gasteiger partial charge in [-0.2, -0.15) is 11.8 Å². The molecule has 0 saturated carbocycles. The average Bonchev–Trinajstić information content (AvgIpc) is 2.77. The number of carbonyl (C=O) groups excluding carboxylic acids is 2. The standard InChI is InChI=1S/C21H31N3O8S/c1-14(26)23-18-16(27)12-21(19(28)29,32-17(18)13-25)31-9-5-10-33-11-8-22-20(30)24-15-6-3-2-4-7-15/h2-4,6-7,16-18,25,27H,5,8-13H2,1H3,(H,23,26)(H,28,29)(H2,22,24,30)/t16-,17+,18+,21-/m1/s1. The summed E-state index contributed by atoms with van der Waals surface area (Å²) in [5.74, 6) is -2.65. The highest BCUT2D eigenvalue weighted by molar-refractivity contribution is 7.99. The van der Waals surface area contributed by atoms with Gasteiger partial charge >= 0.3 is 12.0 Å². The fraction of sp³-hybridized carbons (Fsp3) is 0.571. The number of urea groups is 1. The molecule has 2 rings (SSSR count). The summed E-state index contributed by atoms with van der Waals surface area (Å²) in [5, 5.41) is 37.5. The molecule has 1 heterocycles. The number of para-hydroxylation sites is 1. The molecule has 6 N–H and O–H groups in total. The number of rotatable bonds is 12. The summed E-state index contributed by atoms with van der Waals surface area (Å²) >= 11 is 1.56. The van der Waals surface area contributed by atoms with E-state index in [4.69, 9.17) is 9.47 Å². The maximum absolute atomic E-state index is 11.8. The van der Waals surface area contributed by atoms with Crippen molar-refractivity contribution in [1.29, 1.82) is 0 Å².